The van der Waals surface area contributed by atoms with Crippen molar-refractivity contribution in [2.24, 2.45) is 0 Å². The lowest BCUT2D eigenvalue weighted by atomic mass is 10.0. The Labute approximate surface area is 286 Å². The van der Waals surface area contributed by atoms with E-state index in [1.54, 1.807) is 36.4 Å². The molecule has 1 atom stereocenters. The number of halogens is 1. The largest absolute Gasteiger partial charge is 0.494 e. The summed E-state index contributed by atoms with van der Waals surface area (Å²) in [6, 6.07) is 29.2. The van der Waals surface area contributed by atoms with Crippen LogP contribution in [0.2, 0.25) is 0 Å². The van der Waals surface area contributed by atoms with Gasteiger partial charge in [0.1, 0.15) is 18.3 Å². The Morgan fingerprint density at radius 2 is 1.51 bits per heavy atom. The van der Waals surface area contributed by atoms with E-state index in [4.69, 9.17) is 4.74 Å². The molecule has 0 heterocycles. The fourth-order valence-electron chi connectivity index (χ4n) is 5.08. The summed E-state index contributed by atoms with van der Waals surface area (Å²) in [5, 5.41) is 3.05. The van der Waals surface area contributed by atoms with Crippen molar-refractivity contribution in [3.8, 4) is 5.75 Å². The number of ether oxygens (including phenoxy) is 1. The van der Waals surface area contributed by atoms with Crippen molar-refractivity contribution < 1.29 is 22.7 Å². The Balaban J connectivity index is 1.81. The second-order valence-corrected chi connectivity index (χ2v) is 15.1. The second-order valence-electron chi connectivity index (χ2n) is 12.3. The third-order valence-electron chi connectivity index (χ3n) is 7.33. The molecule has 4 aromatic carbocycles. The van der Waals surface area contributed by atoms with E-state index in [-0.39, 0.29) is 23.8 Å². The van der Waals surface area contributed by atoms with Gasteiger partial charge in [0.25, 0.3) is 10.0 Å². The fourth-order valence-corrected chi connectivity index (χ4v) is 6.94. The molecule has 2 amide bonds. The molecule has 0 saturated carbocycles. The van der Waals surface area contributed by atoms with E-state index in [2.05, 4.69) is 21.2 Å². The zero-order chi connectivity index (χ0) is 34.2. The molecule has 4 aromatic rings. The molecule has 8 nitrogen and oxygen atoms in total. The average molecular weight is 721 g/mol. The van der Waals surface area contributed by atoms with Gasteiger partial charge >= 0.3 is 0 Å². The molecule has 0 aliphatic heterocycles. The number of nitrogens with one attached hydrogen (secondary N) is 1. The van der Waals surface area contributed by atoms with E-state index in [1.165, 1.54) is 17.0 Å². The molecule has 0 fully saturated rings. The fraction of sp³-hybridized carbons (Fsp3) is 0.297. The normalized spacial score (nSPS) is 12.2. The summed E-state index contributed by atoms with van der Waals surface area (Å²) in [5.41, 5.74) is 2.36. The first kappa shape index (κ1) is 35.7. The molecule has 1 N–H and O–H groups in total. The highest BCUT2D eigenvalue weighted by atomic mass is 79.9. The third-order valence-corrected chi connectivity index (χ3v) is 9.62. The number of carbonyl (C=O) groups excluding carboxylic acids is 2. The van der Waals surface area contributed by atoms with Crippen molar-refractivity contribution in [1.29, 1.82) is 0 Å². The first-order valence-corrected chi connectivity index (χ1v) is 17.7. The van der Waals surface area contributed by atoms with Crippen LogP contribution < -0.4 is 14.4 Å². The van der Waals surface area contributed by atoms with Gasteiger partial charge in [0.2, 0.25) is 11.8 Å². The van der Waals surface area contributed by atoms with E-state index in [1.807, 2.05) is 89.2 Å². The van der Waals surface area contributed by atoms with Crippen LogP contribution in [0.15, 0.2) is 112 Å². The van der Waals surface area contributed by atoms with E-state index >= 15 is 0 Å². The molecule has 4 rings (SSSR count). The zero-order valence-corrected chi connectivity index (χ0v) is 29.8. The Hall–Kier alpha value is -4.15. The van der Waals surface area contributed by atoms with Gasteiger partial charge in [0, 0.05) is 23.0 Å². The summed E-state index contributed by atoms with van der Waals surface area (Å²) in [4.78, 5) is 30.1. The van der Waals surface area contributed by atoms with Crippen molar-refractivity contribution in [3.63, 3.8) is 0 Å². The zero-order valence-electron chi connectivity index (χ0n) is 27.4. The minimum Gasteiger partial charge on any atom is -0.494 e. The van der Waals surface area contributed by atoms with E-state index in [0.717, 1.165) is 25.5 Å². The molecular weight excluding hydrogens is 678 g/mol. The lowest BCUT2D eigenvalue weighted by Gasteiger charge is -2.35. The minimum absolute atomic E-state index is 0.0131. The Morgan fingerprint density at radius 3 is 2.11 bits per heavy atom. The van der Waals surface area contributed by atoms with Crippen molar-refractivity contribution in [2.45, 2.75) is 64.1 Å². The van der Waals surface area contributed by atoms with Gasteiger partial charge in [-0.25, -0.2) is 8.42 Å². The van der Waals surface area contributed by atoms with Crippen LogP contribution in [-0.2, 0) is 32.6 Å². The summed E-state index contributed by atoms with van der Waals surface area (Å²) >= 11 is 3.51. The number of aryl methyl sites for hydroxylation is 1. The second kappa shape index (κ2) is 15.6. The molecule has 0 aliphatic rings. The highest BCUT2D eigenvalue weighted by Gasteiger charge is 2.35. The van der Waals surface area contributed by atoms with Crippen LogP contribution in [0.4, 0.5) is 5.69 Å². The van der Waals surface area contributed by atoms with Gasteiger partial charge in [0.05, 0.1) is 17.2 Å². The number of hydrogen-bond donors (Lipinski definition) is 1. The van der Waals surface area contributed by atoms with Gasteiger partial charge in [-0.3, -0.25) is 13.9 Å². The Bertz CT molecular complexity index is 1760. The number of anilines is 1. The molecule has 0 aromatic heterocycles. The number of benzene rings is 4. The van der Waals surface area contributed by atoms with Crippen LogP contribution in [-0.4, -0.2) is 49.9 Å². The minimum atomic E-state index is -4.22. The van der Waals surface area contributed by atoms with E-state index in [9.17, 15) is 18.0 Å². The first-order chi connectivity index (χ1) is 22.3. The van der Waals surface area contributed by atoms with Gasteiger partial charge < -0.3 is 15.0 Å². The maximum absolute atomic E-state index is 14.6. The van der Waals surface area contributed by atoms with Crippen molar-refractivity contribution in [3.05, 3.63) is 124 Å². The average Bonchev–Trinajstić information content (AvgIpc) is 3.02. The van der Waals surface area contributed by atoms with E-state index < -0.39 is 34.1 Å². The van der Waals surface area contributed by atoms with Gasteiger partial charge in [-0.1, -0.05) is 76.1 Å². The number of sulfonamides is 1. The Morgan fingerprint density at radius 1 is 0.872 bits per heavy atom. The van der Waals surface area contributed by atoms with Crippen LogP contribution in [0.25, 0.3) is 0 Å². The number of hydrogen-bond acceptors (Lipinski definition) is 5. The molecule has 0 radical (unpaired) electrons. The molecule has 0 saturated heterocycles. The SMILES string of the molecule is CCOc1ccc(S(=O)(=O)N(CC(=O)N(Cc2cccc(Br)c2)[C@H](Cc2ccccc2)C(=O)NC(C)(C)C)c2ccc(C)cc2)cc1. The van der Waals surface area contributed by atoms with Gasteiger partial charge in [0.15, 0.2) is 0 Å². The maximum atomic E-state index is 14.6. The highest BCUT2D eigenvalue weighted by molar-refractivity contribution is 9.10. The lowest BCUT2D eigenvalue weighted by molar-refractivity contribution is -0.140. The maximum Gasteiger partial charge on any atom is 0.264 e. The van der Waals surface area contributed by atoms with Crippen LogP contribution >= 0.6 is 15.9 Å². The van der Waals surface area contributed by atoms with Crippen molar-refractivity contribution >= 4 is 43.5 Å². The van der Waals surface area contributed by atoms with Crippen LogP contribution in [0.3, 0.4) is 0 Å². The Kier molecular flexibility index (Phi) is 11.9. The topological polar surface area (TPSA) is 96.0 Å². The van der Waals surface area contributed by atoms with Crippen molar-refractivity contribution in [2.75, 3.05) is 17.5 Å². The standard InChI is InChI=1S/C37H42BrN3O5S/c1-6-46-32-19-21-33(22-20-32)47(44,45)41(31-17-15-27(2)16-18-31)26-35(42)40(25-29-13-10-14-30(38)23-29)34(36(43)39-37(3,4)5)24-28-11-8-7-9-12-28/h7-23,34H,6,24-26H2,1-5H3,(H,39,43)/t34-/m1/s1. The highest BCUT2D eigenvalue weighted by Crippen LogP contribution is 2.27. The molecule has 0 bridgehead atoms. The predicted octanol–water partition coefficient (Wildman–Crippen LogP) is 6.91. The summed E-state index contributed by atoms with van der Waals surface area (Å²) in [6.45, 7) is 9.40. The quantitative estimate of drug-likeness (QED) is 0.162. The third kappa shape index (κ3) is 9.92. The number of nitrogens with zero attached hydrogens (tertiary/aromatic N) is 2. The van der Waals surface area contributed by atoms with Crippen LogP contribution in [0.1, 0.15) is 44.4 Å². The first-order valence-electron chi connectivity index (χ1n) is 15.5. The summed E-state index contributed by atoms with van der Waals surface area (Å²) in [7, 11) is -4.22. The number of amides is 2. The molecule has 0 unspecified atom stereocenters. The van der Waals surface area contributed by atoms with Crippen LogP contribution in [0, 0.1) is 6.92 Å². The molecular formula is C37H42BrN3O5S. The van der Waals surface area contributed by atoms with Gasteiger partial charge in [-0.05, 0) is 94.3 Å². The number of rotatable bonds is 13. The lowest BCUT2D eigenvalue weighted by Crippen LogP contribution is -2.56. The van der Waals surface area contributed by atoms with Crippen LogP contribution in [0.5, 0.6) is 5.75 Å². The molecule has 10 heteroatoms. The number of carbonyl (C=O) groups is 2. The molecule has 0 aliphatic carbocycles. The molecule has 47 heavy (non-hydrogen) atoms. The summed E-state index contributed by atoms with van der Waals surface area (Å²) in [6.07, 6.45) is 0.235. The summed E-state index contributed by atoms with van der Waals surface area (Å²) < 4.78 is 36.0. The predicted molar refractivity (Wildman–Crippen MR) is 190 cm³/mol. The van der Waals surface area contributed by atoms with Crippen molar-refractivity contribution in [1.82, 2.24) is 10.2 Å². The molecule has 0 spiro atoms. The molecule has 248 valence electrons. The van der Waals surface area contributed by atoms with Gasteiger partial charge in [-0.2, -0.15) is 0 Å². The summed E-state index contributed by atoms with van der Waals surface area (Å²) in [5.74, 6) is -0.316. The van der Waals surface area contributed by atoms with Gasteiger partial charge in [-0.15, -0.1) is 0 Å². The smallest absolute Gasteiger partial charge is 0.264 e. The monoisotopic (exact) mass is 719 g/mol. The van der Waals surface area contributed by atoms with E-state index in [0.29, 0.717) is 18.0 Å².